The van der Waals surface area contributed by atoms with Crippen molar-refractivity contribution < 1.29 is 19.0 Å². The van der Waals surface area contributed by atoms with Crippen LogP contribution >= 0.6 is 0 Å². The molecule has 2 aliphatic heterocycles. The monoisotopic (exact) mass is 316 g/mol. The van der Waals surface area contributed by atoms with E-state index in [4.69, 9.17) is 14.2 Å². The van der Waals surface area contributed by atoms with Gasteiger partial charge in [-0.15, -0.1) is 0 Å². The summed E-state index contributed by atoms with van der Waals surface area (Å²) >= 11 is 0. The number of carbonyl (C=O) groups excluding carboxylic acids is 1. The minimum Gasteiger partial charge on any atom is -0.462 e. The van der Waals surface area contributed by atoms with Crippen molar-refractivity contribution in [3.05, 3.63) is 33.7 Å². The number of ether oxygens (including phenoxy) is 3. The zero-order valence-corrected chi connectivity index (χ0v) is 12.9. The van der Waals surface area contributed by atoms with Gasteiger partial charge in [0.1, 0.15) is 0 Å². The molecule has 7 heteroatoms. The van der Waals surface area contributed by atoms with Gasteiger partial charge in [0.2, 0.25) is 6.79 Å². The van der Waals surface area contributed by atoms with Gasteiger partial charge >= 0.3 is 5.97 Å². The summed E-state index contributed by atoms with van der Waals surface area (Å²) < 4.78 is 17.5. The van der Waals surface area contributed by atoms with E-state index in [1.54, 1.807) is 23.7 Å². The molecular weight excluding hydrogens is 300 g/mol. The summed E-state index contributed by atoms with van der Waals surface area (Å²) in [6.45, 7) is 2.82. The second kappa shape index (κ2) is 4.91. The average Bonchev–Trinajstić information content (AvgIpc) is 3.13. The molecule has 0 unspecified atom stereocenters. The number of nitrogens with zero attached hydrogens (tertiary/aromatic N) is 2. The van der Waals surface area contributed by atoms with Crippen molar-refractivity contribution in [1.29, 1.82) is 0 Å². The fourth-order valence-electron chi connectivity index (χ4n) is 3.21. The predicted octanol–water partition coefficient (Wildman–Crippen LogP) is 1.03. The minimum absolute atomic E-state index is 0.112. The summed E-state index contributed by atoms with van der Waals surface area (Å²) in [6, 6.07) is 3.34. The third-order valence-electron chi connectivity index (χ3n) is 4.24. The second-order valence-electron chi connectivity index (χ2n) is 5.54. The number of likely N-dealkylation sites (N-methyl/N-ethyl adjacent to an activating group) is 1. The predicted molar refractivity (Wildman–Crippen MR) is 83.0 cm³/mol. The molecule has 0 fully saturated rings. The Kier molecular flexibility index (Phi) is 2.97. The molecule has 23 heavy (non-hydrogen) atoms. The highest BCUT2D eigenvalue weighted by Crippen LogP contribution is 2.37. The Morgan fingerprint density at radius 1 is 1.26 bits per heavy atom. The topological polar surface area (TPSA) is 70.0 Å². The van der Waals surface area contributed by atoms with Gasteiger partial charge in [-0.1, -0.05) is 0 Å². The third kappa shape index (κ3) is 1.89. The van der Waals surface area contributed by atoms with Gasteiger partial charge in [0.25, 0.3) is 5.56 Å². The molecule has 2 aliphatic rings. The van der Waals surface area contributed by atoms with E-state index in [0.29, 0.717) is 46.5 Å². The van der Waals surface area contributed by atoms with Crippen LogP contribution in [-0.4, -0.2) is 37.6 Å². The van der Waals surface area contributed by atoms with E-state index in [0.717, 1.165) is 0 Å². The van der Waals surface area contributed by atoms with Crippen molar-refractivity contribution in [2.45, 2.75) is 13.3 Å². The van der Waals surface area contributed by atoms with E-state index in [-0.39, 0.29) is 19.0 Å². The Balaban J connectivity index is 2.10. The lowest BCUT2D eigenvalue weighted by Crippen LogP contribution is -2.36. The molecule has 120 valence electrons. The summed E-state index contributed by atoms with van der Waals surface area (Å²) in [6.07, 6.45) is 0.615. The third-order valence-corrected chi connectivity index (χ3v) is 4.24. The molecule has 1 aromatic heterocycles. The van der Waals surface area contributed by atoms with Crippen molar-refractivity contribution in [1.82, 2.24) is 4.68 Å². The van der Waals surface area contributed by atoms with Gasteiger partial charge in [0, 0.05) is 25.4 Å². The van der Waals surface area contributed by atoms with Crippen LogP contribution < -0.4 is 20.0 Å². The molecule has 0 saturated heterocycles. The Hall–Kier alpha value is -2.70. The Morgan fingerprint density at radius 2 is 1.96 bits per heavy atom. The van der Waals surface area contributed by atoms with E-state index in [1.165, 1.54) is 0 Å². The Morgan fingerprint density at radius 3 is 2.65 bits per heavy atom. The first kappa shape index (κ1) is 13.9. The number of aromatic nitrogens is 1. The summed E-state index contributed by atoms with van der Waals surface area (Å²) in [5.41, 5.74) is 0.952. The lowest BCUT2D eigenvalue weighted by molar-refractivity contribution is 0.0526. The lowest BCUT2D eigenvalue weighted by Gasteiger charge is -2.18. The highest BCUT2D eigenvalue weighted by atomic mass is 16.7. The largest absolute Gasteiger partial charge is 0.462 e. The van der Waals surface area contributed by atoms with Gasteiger partial charge in [-0.05, 0) is 19.1 Å². The number of hydrogen-bond donors (Lipinski definition) is 0. The first-order chi connectivity index (χ1) is 11.1. The van der Waals surface area contributed by atoms with E-state index < -0.39 is 5.97 Å². The number of hydrogen-bond acceptors (Lipinski definition) is 6. The van der Waals surface area contributed by atoms with Gasteiger partial charge in [-0.2, -0.15) is 0 Å². The molecule has 7 nitrogen and oxygen atoms in total. The smallest absolute Gasteiger partial charge is 0.340 e. The minimum atomic E-state index is -0.421. The van der Waals surface area contributed by atoms with Gasteiger partial charge in [-0.25, -0.2) is 9.47 Å². The molecule has 4 rings (SSSR count). The molecule has 0 amide bonds. The molecule has 0 spiro atoms. The van der Waals surface area contributed by atoms with E-state index >= 15 is 0 Å². The van der Waals surface area contributed by atoms with E-state index in [2.05, 4.69) is 0 Å². The SMILES string of the molecule is CCOC(=O)c1c2n(c(=O)c3cc4c(cc13)OCO4)N(C)CC2. The molecule has 1 aromatic carbocycles. The van der Waals surface area contributed by atoms with E-state index in [9.17, 15) is 9.59 Å². The molecule has 0 radical (unpaired) electrons. The summed E-state index contributed by atoms with van der Waals surface area (Å²) in [5, 5.41) is 2.79. The van der Waals surface area contributed by atoms with Crippen molar-refractivity contribution in [2.75, 3.05) is 32.0 Å². The summed E-state index contributed by atoms with van der Waals surface area (Å²) in [7, 11) is 1.83. The highest BCUT2D eigenvalue weighted by Gasteiger charge is 2.29. The van der Waals surface area contributed by atoms with Gasteiger partial charge < -0.3 is 19.2 Å². The van der Waals surface area contributed by atoms with Crippen LogP contribution in [0.5, 0.6) is 11.5 Å². The normalized spacial score (nSPS) is 15.1. The fraction of sp³-hybridized carbons (Fsp3) is 0.375. The maximum atomic E-state index is 12.8. The maximum absolute atomic E-state index is 12.8. The average molecular weight is 316 g/mol. The Labute approximate surface area is 131 Å². The summed E-state index contributed by atoms with van der Waals surface area (Å²) in [4.78, 5) is 25.3. The quantitative estimate of drug-likeness (QED) is 0.771. The van der Waals surface area contributed by atoms with Crippen LogP contribution in [0, 0.1) is 0 Å². The molecule has 0 atom stereocenters. The van der Waals surface area contributed by atoms with Gasteiger partial charge in [0.05, 0.1) is 23.3 Å². The van der Waals surface area contributed by atoms with Crippen LogP contribution in [0.25, 0.3) is 10.8 Å². The number of benzene rings is 1. The fourth-order valence-corrected chi connectivity index (χ4v) is 3.21. The van der Waals surface area contributed by atoms with Crippen LogP contribution in [0.3, 0.4) is 0 Å². The molecule has 0 saturated carbocycles. The zero-order valence-electron chi connectivity index (χ0n) is 12.9. The summed E-state index contributed by atoms with van der Waals surface area (Å²) in [5.74, 6) is 0.639. The highest BCUT2D eigenvalue weighted by molar-refractivity contribution is 6.06. The first-order valence-electron chi connectivity index (χ1n) is 7.51. The van der Waals surface area contributed by atoms with Gasteiger partial charge in [-0.3, -0.25) is 4.79 Å². The van der Waals surface area contributed by atoms with Crippen LogP contribution in [0.15, 0.2) is 16.9 Å². The first-order valence-corrected chi connectivity index (χ1v) is 7.51. The molecule has 0 bridgehead atoms. The second-order valence-corrected chi connectivity index (χ2v) is 5.54. The van der Waals surface area contributed by atoms with Crippen LogP contribution in [0.2, 0.25) is 0 Å². The number of pyridine rings is 1. The number of rotatable bonds is 2. The standard InChI is InChI=1S/C16H16N2O5/c1-3-21-16(20)14-9-6-12-13(23-8-22-12)7-10(9)15(19)18-11(14)4-5-17(18)2/h6-7H,3-5,8H2,1-2H3. The van der Waals surface area contributed by atoms with Gasteiger partial charge in [0.15, 0.2) is 11.5 Å². The lowest BCUT2D eigenvalue weighted by atomic mass is 10.0. The van der Waals surface area contributed by atoms with Crippen molar-refractivity contribution in [2.24, 2.45) is 0 Å². The maximum Gasteiger partial charge on any atom is 0.340 e. The van der Waals surface area contributed by atoms with Crippen molar-refractivity contribution in [3.8, 4) is 11.5 Å². The molecule has 2 aromatic rings. The van der Waals surface area contributed by atoms with Crippen LogP contribution in [-0.2, 0) is 11.2 Å². The van der Waals surface area contributed by atoms with Crippen molar-refractivity contribution in [3.63, 3.8) is 0 Å². The van der Waals surface area contributed by atoms with Crippen LogP contribution in [0.4, 0.5) is 0 Å². The van der Waals surface area contributed by atoms with Crippen LogP contribution in [0.1, 0.15) is 23.0 Å². The zero-order chi connectivity index (χ0) is 16.1. The van der Waals surface area contributed by atoms with Crippen molar-refractivity contribution >= 4 is 16.7 Å². The molecule has 0 N–H and O–H groups in total. The number of esters is 1. The van der Waals surface area contributed by atoms with E-state index in [1.807, 2.05) is 12.1 Å². The molecule has 0 aliphatic carbocycles. The molecule has 3 heterocycles. The Bertz CT molecular complexity index is 886. The molecular formula is C16H16N2O5. The number of carbonyl (C=O) groups is 1. The number of fused-ring (bicyclic) bond motifs is 3.